The van der Waals surface area contributed by atoms with Gasteiger partial charge < -0.3 is 4.74 Å². The van der Waals surface area contributed by atoms with Gasteiger partial charge in [0, 0.05) is 6.04 Å². The Morgan fingerprint density at radius 1 is 1.47 bits per heavy atom. The highest BCUT2D eigenvalue weighted by Gasteiger charge is 2.25. The molecule has 2 rings (SSSR count). The number of ether oxygens (including phenoxy) is 1. The van der Waals surface area contributed by atoms with Crippen molar-refractivity contribution in [3.8, 4) is 5.75 Å². The zero-order valence-corrected chi connectivity index (χ0v) is 10.7. The van der Waals surface area contributed by atoms with Crippen molar-refractivity contribution in [3.63, 3.8) is 0 Å². The van der Waals surface area contributed by atoms with E-state index in [1.165, 1.54) is 30.4 Å². The average molecular weight is 234 g/mol. The Hall–Kier alpha value is -1.06. The van der Waals surface area contributed by atoms with Crippen LogP contribution >= 0.6 is 0 Å². The van der Waals surface area contributed by atoms with E-state index in [-0.39, 0.29) is 0 Å². The molecule has 17 heavy (non-hydrogen) atoms. The van der Waals surface area contributed by atoms with Gasteiger partial charge in [0.15, 0.2) is 0 Å². The summed E-state index contributed by atoms with van der Waals surface area (Å²) in [4.78, 5) is 0. The van der Waals surface area contributed by atoms with Crippen LogP contribution in [0.2, 0.25) is 0 Å². The van der Waals surface area contributed by atoms with Gasteiger partial charge in [0.1, 0.15) is 5.75 Å². The first kappa shape index (κ1) is 12.4. The molecule has 0 amide bonds. The third kappa shape index (κ3) is 3.45. The van der Waals surface area contributed by atoms with E-state index in [1.54, 1.807) is 7.11 Å². The van der Waals surface area contributed by atoms with Gasteiger partial charge >= 0.3 is 0 Å². The van der Waals surface area contributed by atoms with Crippen molar-refractivity contribution in [3.05, 3.63) is 29.3 Å². The molecule has 0 radical (unpaired) electrons. The number of aryl methyl sites for hydroxylation is 1. The molecule has 1 atom stereocenters. The highest BCUT2D eigenvalue weighted by molar-refractivity contribution is 5.37. The molecule has 0 bridgehead atoms. The first-order valence-electron chi connectivity index (χ1n) is 6.32. The quantitative estimate of drug-likeness (QED) is 0.586. The molecule has 1 aromatic carbocycles. The Morgan fingerprint density at radius 2 is 2.24 bits per heavy atom. The van der Waals surface area contributed by atoms with Gasteiger partial charge in [-0.05, 0) is 37.3 Å². The Bertz CT molecular complexity index is 374. The second-order valence-corrected chi connectivity index (χ2v) is 5.06. The number of hydrazine groups is 1. The third-order valence-corrected chi connectivity index (χ3v) is 3.45. The van der Waals surface area contributed by atoms with Crippen LogP contribution in [0.25, 0.3) is 0 Å². The molecular formula is C14H22N2O. The molecule has 94 valence electrons. The lowest BCUT2D eigenvalue weighted by Crippen LogP contribution is -2.37. The van der Waals surface area contributed by atoms with Crippen molar-refractivity contribution in [2.75, 3.05) is 7.11 Å². The summed E-state index contributed by atoms with van der Waals surface area (Å²) in [6, 6.07) is 6.66. The van der Waals surface area contributed by atoms with Crippen LogP contribution in [0, 0.1) is 12.8 Å². The van der Waals surface area contributed by atoms with Gasteiger partial charge in [0.05, 0.1) is 7.11 Å². The minimum atomic E-state index is 0.359. The van der Waals surface area contributed by atoms with E-state index in [0.717, 1.165) is 18.1 Å². The van der Waals surface area contributed by atoms with Crippen molar-refractivity contribution >= 4 is 0 Å². The second kappa shape index (κ2) is 5.52. The number of methoxy groups -OCH3 is 1. The highest BCUT2D eigenvalue weighted by Crippen LogP contribution is 2.34. The Kier molecular flexibility index (Phi) is 4.02. The van der Waals surface area contributed by atoms with Crippen LogP contribution in [-0.2, 0) is 6.42 Å². The van der Waals surface area contributed by atoms with Crippen LogP contribution < -0.4 is 16.0 Å². The first-order valence-corrected chi connectivity index (χ1v) is 6.32. The van der Waals surface area contributed by atoms with E-state index in [4.69, 9.17) is 10.6 Å². The number of hydrogen-bond acceptors (Lipinski definition) is 3. The Morgan fingerprint density at radius 3 is 2.82 bits per heavy atom. The topological polar surface area (TPSA) is 47.3 Å². The summed E-state index contributed by atoms with van der Waals surface area (Å²) < 4.78 is 5.40. The highest BCUT2D eigenvalue weighted by atomic mass is 16.5. The van der Waals surface area contributed by atoms with E-state index in [2.05, 4.69) is 24.5 Å². The van der Waals surface area contributed by atoms with E-state index in [9.17, 15) is 0 Å². The number of hydrogen-bond donors (Lipinski definition) is 2. The number of nitrogens with two attached hydrogens (primary N) is 1. The molecule has 1 aliphatic carbocycles. The standard InChI is InChI=1S/C14H22N2O/c1-10-3-6-14(17-2)12(7-10)9-13(16-15)8-11-4-5-11/h3,6-7,11,13,16H,4-5,8-9,15H2,1-2H3. The lowest BCUT2D eigenvalue weighted by Gasteiger charge is -2.17. The smallest absolute Gasteiger partial charge is 0.122 e. The molecule has 1 aromatic rings. The van der Waals surface area contributed by atoms with Crippen molar-refractivity contribution in [1.29, 1.82) is 0 Å². The van der Waals surface area contributed by atoms with Crippen LogP contribution in [0.5, 0.6) is 5.75 Å². The summed E-state index contributed by atoms with van der Waals surface area (Å²) >= 11 is 0. The van der Waals surface area contributed by atoms with E-state index < -0.39 is 0 Å². The molecule has 3 N–H and O–H groups in total. The third-order valence-electron chi connectivity index (χ3n) is 3.45. The molecule has 0 aliphatic heterocycles. The number of rotatable bonds is 6. The van der Waals surface area contributed by atoms with Crippen LogP contribution in [0.1, 0.15) is 30.4 Å². The maximum atomic E-state index is 5.64. The van der Waals surface area contributed by atoms with Gasteiger partial charge in [-0.15, -0.1) is 0 Å². The normalized spacial score (nSPS) is 16.9. The summed E-state index contributed by atoms with van der Waals surface area (Å²) in [5.74, 6) is 7.48. The SMILES string of the molecule is COc1ccc(C)cc1CC(CC1CC1)NN. The fourth-order valence-electron chi connectivity index (χ4n) is 2.30. The van der Waals surface area contributed by atoms with E-state index in [0.29, 0.717) is 6.04 Å². The predicted octanol–water partition coefficient (Wildman–Crippen LogP) is 2.18. The molecular weight excluding hydrogens is 212 g/mol. The predicted molar refractivity (Wildman–Crippen MR) is 69.9 cm³/mol. The van der Waals surface area contributed by atoms with Gasteiger partial charge in [0.25, 0.3) is 0 Å². The van der Waals surface area contributed by atoms with Crippen molar-refractivity contribution in [1.82, 2.24) is 5.43 Å². The zero-order chi connectivity index (χ0) is 12.3. The van der Waals surface area contributed by atoms with Crippen LogP contribution in [0.3, 0.4) is 0 Å². The van der Waals surface area contributed by atoms with Crippen LogP contribution in [0.4, 0.5) is 0 Å². The zero-order valence-electron chi connectivity index (χ0n) is 10.7. The maximum absolute atomic E-state index is 5.64. The van der Waals surface area contributed by atoms with Crippen molar-refractivity contribution in [2.24, 2.45) is 11.8 Å². The maximum Gasteiger partial charge on any atom is 0.122 e. The summed E-state index contributed by atoms with van der Waals surface area (Å²) in [6.07, 6.45) is 4.84. The van der Waals surface area contributed by atoms with Crippen LogP contribution in [0.15, 0.2) is 18.2 Å². The molecule has 1 fully saturated rings. The molecule has 1 saturated carbocycles. The average Bonchev–Trinajstić information content (AvgIpc) is 3.12. The fourth-order valence-corrected chi connectivity index (χ4v) is 2.30. The lowest BCUT2D eigenvalue weighted by atomic mass is 9.99. The van der Waals surface area contributed by atoms with E-state index in [1.807, 2.05) is 6.07 Å². The molecule has 3 heteroatoms. The molecule has 0 spiro atoms. The van der Waals surface area contributed by atoms with Gasteiger partial charge in [-0.1, -0.05) is 30.5 Å². The Labute approximate surface area is 103 Å². The van der Waals surface area contributed by atoms with Gasteiger partial charge in [-0.3, -0.25) is 11.3 Å². The molecule has 1 unspecified atom stereocenters. The molecule has 3 nitrogen and oxygen atoms in total. The fraction of sp³-hybridized carbons (Fsp3) is 0.571. The second-order valence-electron chi connectivity index (χ2n) is 5.06. The van der Waals surface area contributed by atoms with Gasteiger partial charge in [-0.2, -0.15) is 0 Å². The molecule has 0 saturated heterocycles. The molecule has 1 aliphatic rings. The Balaban J connectivity index is 2.06. The molecule has 0 aromatic heterocycles. The van der Waals surface area contributed by atoms with Gasteiger partial charge in [0.2, 0.25) is 0 Å². The van der Waals surface area contributed by atoms with Gasteiger partial charge in [-0.25, -0.2) is 0 Å². The summed E-state index contributed by atoms with van der Waals surface area (Å²) in [5.41, 5.74) is 5.45. The van der Waals surface area contributed by atoms with Crippen molar-refractivity contribution in [2.45, 2.75) is 38.6 Å². The number of nitrogens with one attached hydrogen (secondary N) is 1. The summed E-state index contributed by atoms with van der Waals surface area (Å²) in [7, 11) is 1.72. The van der Waals surface area contributed by atoms with E-state index >= 15 is 0 Å². The minimum absolute atomic E-state index is 0.359. The largest absolute Gasteiger partial charge is 0.496 e. The lowest BCUT2D eigenvalue weighted by molar-refractivity contribution is 0.400. The van der Waals surface area contributed by atoms with Crippen LogP contribution in [-0.4, -0.2) is 13.2 Å². The monoisotopic (exact) mass is 234 g/mol. The number of benzene rings is 1. The summed E-state index contributed by atoms with van der Waals surface area (Å²) in [6.45, 7) is 2.11. The summed E-state index contributed by atoms with van der Waals surface area (Å²) in [5, 5.41) is 0. The van der Waals surface area contributed by atoms with Crippen molar-refractivity contribution < 1.29 is 4.74 Å². The first-order chi connectivity index (χ1) is 8.22. The minimum Gasteiger partial charge on any atom is -0.496 e. The molecule has 0 heterocycles.